The summed E-state index contributed by atoms with van der Waals surface area (Å²) in [6.45, 7) is 8.81. The molecule has 0 heterocycles. The molecule has 0 aliphatic rings. The van der Waals surface area contributed by atoms with Crippen molar-refractivity contribution in [2.24, 2.45) is 5.73 Å². The second kappa shape index (κ2) is 8.03. The van der Waals surface area contributed by atoms with Crippen molar-refractivity contribution in [1.82, 2.24) is 5.32 Å². The molecule has 1 amide bonds. The van der Waals surface area contributed by atoms with Crippen LogP contribution in [0.25, 0.3) is 0 Å². The second-order valence-electron chi connectivity index (χ2n) is 6.56. The Hall–Kier alpha value is -1.75. The fourth-order valence-corrected chi connectivity index (χ4v) is 2.06. The Morgan fingerprint density at radius 3 is 2.68 bits per heavy atom. The molecule has 1 atom stereocenters. The molecule has 0 aromatic heterocycles. The van der Waals surface area contributed by atoms with E-state index in [2.05, 4.69) is 36.3 Å². The van der Waals surface area contributed by atoms with E-state index < -0.39 is 11.7 Å². The van der Waals surface area contributed by atoms with Crippen LogP contribution in [0.2, 0.25) is 0 Å². The zero-order valence-electron chi connectivity index (χ0n) is 14.3. The van der Waals surface area contributed by atoms with Gasteiger partial charge >= 0.3 is 6.09 Å². The third-order valence-corrected chi connectivity index (χ3v) is 3.40. The lowest BCUT2D eigenvalue weighted by atomic mass is 10.1. The van der Waals surface area contributed by atoms with Crippen LogP contribution < -0.4 is 16.0 Å². The fourth-order valence-electron chi connectivity index (χ4n) is 2.06. The highest BCUT2D eigenvalue weighted by Crippen LogP contribution is 2.18. The molecule has 0 bridgehead atoms. The summed E-state index contributed by atoms with van der Waals surface area (Å²) in [5.74, 6) is 0. The maximum atomic E-state index is 11.7. The number of amides is 1. The first-order chi connectivity index (χ1) is 10.2. The average molecular weight is 307 g/mol. The minimum atomic E-state index is -0.482. The first kappa shape index (κ1) is 18.3. The second-order valence-corrected chi connectivity index (χ2v) is 6.56. The molecule has 0 aliphatic carbocycles. The predicted molar refractivity (Wildman–Crippen MR) is 91.1 cm³/mol. The van der Waals surface area contributed by atoms with Gasteiger partial charge in [0.1, 0.15) is 5.60 Å². The summed E-state index contributed by atoms with van der Waals surface area (Å²) in [7, 11) is 2.06. The number of hydrogen-bond donors (Lipinski definition) is 2. The zero-order valence-corrected chi connectivity index (χ0v) is 14.3. The lowest BCUT2D eigenvalue weighted by molar-refractivity contribution is 0.0523. The molecule has 1 unspecified atom stereocenters. The standard InChI is InChI=1S/C17H29N3O2/c1-13(9-10-18)20(5)15-8-6-7-14(11-15)12-19-16(21)22-17(2,3)4/h6-8,11,13H,9-10,12,18H2,1-5H3,(H,19,21). The fraction of sp³-hybridized carbons (Fsp3) is 0.588. The molecule has 1 aromatic carbocycles. The summed E-state index contributed by atoms with van der Waals surface area (Å²) in [6, 6.07) is 8.49. The van der Waals surface area contributed by atoms with Gasteiger partial charge in [-0.2, -0.15) is 0 Å². The van der Waals surface area contributed by atoms with Crippen molar-refractivity contribution in [2.45, 2.75) is 52.3 Å². The van der Waals surface area contributed by atoms with Crippen LogP contribution >= 0.6 is 0 Å². The SMILES string of the molecule is CC(CCN)N(C)c1cccc(CNC(=O)OC(C)(C)C)c1. The van der Waals surface area contributed by atoms with E-state index in [9.17, 15) is 4.79 Å². The lowest BCUT2D eigenvalue weighted by Crippen LogP contribution is -2.32. The van der Waals surface area contributed by atoms with Gasteiger partial charge in [0.05, 0.1) is 0 Å². The van der Waals surface area contributed by atoms with Gasteiger partial charge in [0, 0.05) is 25.3 Å². The van der Waals surface area contributed by atoms with Crippen molar-refractivity contribution >= 4 is 11.8 Å². The highest BCUT2D eigenvalue weighted by molar-refractivity contribution is 5.67. The third kappa shape index (κ3) is 6.35. The van der Waals surface area contributed by atoms with E-state index in [0.29, 0.717) is 19.1 Å². The number of nitrogens with one attached hydrogen (secondary N) is 1. The monoisotopic (exact) mass is 307 g/mol. The average Bonchev–Trinajstić information content (AvgIpc) is 2.43. The Bertz CT molecular complexity index is 483. The number of carbonyl (C=O) groups is 1. The highest BCUT2D eigenvalue weighted by atomic mass is 16.6. The van der Waals surface area contributed by atoms with Crippen LogP contribution in [0.5, 0.6) is 0 Å². The Morgan fingerprint density at radius 1 is 1.41 bits per heavy atom. The molecule has 5 nitrogen and oxygen atoms in total. The number of benzene rings is 1. The highest BCUT2D eigenvalue weighted by Gasteiger charge is 2.16. The number of rotatable bonds is 6. The topological polar surface area (TPSA) is 67.6 Å². The number of ether oxygens (including phenoxy) is 1. The van der Waals surface area contributed by atoms with Crippen molar-refractivity contribution in [3.63, 3.8) is 0 Å². The minimum absolute atomic E-state index is 0.374. The van der Waals surface area contributed by atoms with Crippen molar-refractivity contribution in [3.05, 3.63) is 29.8 Å². The van der Waals surface area contributed by atoms with Crippen molar-refractivity contribution in [2.75, 3.05) is 18.5 Å². The molecule has 5 heteroatoms. The Kier molecular flexibility index (Phi) is 6.68. The minimum Gasteiger partial charge on any atom is -0.444 e. The van der Waals surface area contributed by atoms with Crippen LogP contribution in [0.1, 0.15) is 39.7 Å². The summed E-state index contributed by atoms with van der Waals surface area (Å²) in [4.78, 5) is 13.9. The van der Waals surface area contributed by atoms with E-state index in [1.165, 1.54) is 0 Å². The summed E-state index contributed by atoms with van der Waals surface area (Å²) in [5, 5.41) is 2.78. The largest absolute Gasteiger partial charge is 0.444 e. The van der Waals surface area contributed by atoms with E-state index in [1.54, 1.807) is 0 Å². The van der Waals surface area contributed by atoms with Gasteiger partial charge in [0.2, 0.25) is 0 Å². The molecule has 0 spiro atoms. The van der Waals surface area contributed by atoms with Crippen molar-refractivity contribution in [1.29, 1.82) is 0 Å². The number of nitrogens with two attached hydrogens (primary N) is 1. The predicted octanol–water partition coefficient (Wildman–Crippen LogP) is 2.88. The molecule has 3 N–H and O–H groups in total. The van der Waals surface area contributed by atoms with Gasteiger partial charge in [-0.1, -0.05) is 12.1 Å². The lowest BCUT2D eigenvalue weighted by Gasteiger charge is -2.27. The van der Waals surface area contributed by atoms with E-state index in [4.69, 9.17) is 10.5 Å². The maximum absolute atomic E-state index is 11.7. The molecular formula is C17H29N3O2. The summed E-state index contributed by atoms with van der Waals surface area (Å²) >= 11 is 0. The van der Waals surface area contributed by atoms with Crippen molar-refractivity contribution < 1.29 is 9.53 Å². The van der Waals surface area contributed by atoms with Gasteiger partial charge in [0.25, 0.3) is 0 Å². The molecule has 22 heavy (non-hydrogen) atoms. The quantitative estimate of drug-likeness (QED) is 0.848. The van der Waals surface area contributed by atoms with Gasteiger partial charge in [-0.25, -0.2) is 4.79 Å². The molecule has 0 saturated carbocycles. The first-order valence-corrected chi connectivity index (χ1v) is 7.71. The first-order valence-electron chi connectivity index (χ1n) is 7.71. The maximum Gasteiger partial charge on any atom is 0.407 e. The van der Waals surface area contributed by atoms with Gasteiger partial charge < -0.3 is 20.7 Å². The number of anilines is 1. The van der Waals surface area contributed by atoms with E-state index >= 15 is 0 Å². The summed E-state index contributed by atoms with van der Waals surface area (Å²) in [5.41, 5.74) is 7.29. The Labute approximate surface area is 133 Å². The molecule has 0 fully saturated rings. The third-order valence-electron chi connectivity index (χ3n) is 3.40. The number of alkyl carbamates (subject to hydrolysis) is 1. The van der Waals surface area contributed by atoms with E-state index in [-0.39, 0.29) is 0 Å². The van der Waals surface area contributed by atoms with Crippen LogP contribution in [-0.2, 0) is 11.3 Å². The molecule has 1 aromatic rings. The number of hydrogen-bond acceptors (Lipinski definition) is 4. The van der Waals surface area contributed by atoms with Crippen LogP contribution in [-0.4, -0.2) is 31.3 Å². The molecule has 124 valence electrons. The van der Waals surface area contributed by atoms with Crippen LogP contribution in [0.15, 0.2) is 24.3 Å². The smallest absolute Gasteiger partial charge is 0.407 e. The van der Waals surface area contributed by atoms with Gasteiger partial charge in [-0.15, -0.1) is 0 Å². The normalized spacial score (nSPS) is 12.6. The summed E-state index contributed by atoms with van der Waals surface area (Å²) in [6.07, 6.45) is 0.541. The van der Waals surface area contributed by atoms with E-state index in [0.717, 1.165) is 17.7 Å². The zero-order chi connectivity index (χ0) is 16.8. The van der Waals surface area contributed by atoms with Gasteiger partial charge in [0.15, 0.2) is 0 Å². The number of nitrogens with zero attached hydrogens (tertiary/aromatic N) is 1. The van der Waals surface area contributed by atoms with Crippen LogP contribution in [0.3, 0.4) is 0 Å². The van der Waals surface area contributed by atoms with Crippen LogP contribution in [0, 0.1) is 0 Å². The van der Waals surface area contributed by atoms with E-state index in [1.807, 2.05) is 32.9 Å². The molecule has 0 saturated heterocycles. The van der Waals surface area contributed by atoms with Crippen molar-refractivity contribution in [3.8, 4) is 0 Å². The number of carbonyl (C=O) groups excluding carboxylic acids is 1. The van der Waals surface area contributed by atoms with Gasteiger partial charge in [-0.3, -0.25) is 0 Å². The van der Waals surface area contributed by atoms with Gasteiger partial charge in [-0.05, 0) is 58.4 Å². The molecule has 0 aliphatic heterocycles. The Morgan fingerprint density at radius 2 is 2.09 bits per heavy atom. The molecule has 1 rings (SSSR count). The summed E-state index contributed by atoms with van der Waals surface area (Å²) < 4.78 is 5.23. The Balaban J connectivity index is 2.63. The molecule has 0 radical (unpaired) electrons. The van der Waals surface area contributed by atoms with Crippen LogP contribution in [0.4, 0.5) is 10.5 Å². The molecular weight excluding hydrogens is 278 g/mol.